The number of aliphatic hydroxyl groups is 1. The predicted molar refractivity (Wildman–Crippen MR) is 94.1 cm³/mol. The van der Waals surface area contributed by atoms with Crippen molar-refractivity contribution in [1.29, 1.82) is 0 Å². The lowest BCUT2D eigenvalue weighted by Crippen LogP contribution is -2.68. The number of quaternary nitrogens is 1. The van der Waals surface area contributed by atoms with Crippen LogP contribution in [0.2, 0.25) is 0 Å². The molecule has 0 heterocycles. The summed E-state index contributed by atoms with van der Waals surface area (Å²) in [6.45, 7) is 1.90. The number of phosphoric ester groups is 1. The molecule has 0 aromatic carbocycles. The number of hydrogen-bond donors (Lipinski definition) is 3. The summed E-state index contributed by atoms with van der Waals surface area (Å²) in [6, 6.07) is -0.636. The first-order valence-electron chi connectivity index (χ1n) is 9.23. The van der Waals surface area contributed by atoms with Crippen LogP contribution >= 0.6 is 7.82 Å². The molecule has 0 aliphatic carbocycles. The molecule has 6 nitrogen and oxygen atoms in total. The zero-order valence-corrected chi connectivity index (χ0v) is 16.0. The number of aliphatic hydroxyl groups excluding tert-OH is 1. The Hall–Kier alpha value is -0.230. The predicted octanol–water partition coefficient (Wildman–Crippen LogP) is 2.30. The maximum Gasteiger partial charge on any atom is 0.265 e. The van der Waals surface area contributed by atoms with Gasteiger partial charge in [0.2, 0.25) is 0 Å². The Labute approximate surface area is 146 Å². The lowest BCUT2D eigenvalue weighted by molar-refractivity contribution is -0.438. The van der Waals surface area contributed by atoms with Crippen LogP contribution in [0.1, 0.15) is 77.6 Å². The molecule has 0 spiro atoms. The molecule has 3 atom stereocenters. The average Bonchev–Trinajstić information content (AvgIpc) is 2.52. The quantitative estimate of drug-likeness (QED) is 0.220. The Kier molecular flexibility index (Phi) is 14.9. The number of rotatable bonds is 16. The van der Waals surface area contributed by atoms with Crippen LogP contribution in [0.5, 0.6) is 0 Å². The second-order valence-corrected chi connectivity index (χ2v) is 7.61. The summed E-state index contributed by atoms with van der Waals surface area (Å²) in [5, 5.41) is 9.77. The van der Waals surface area contributed by atoms with Gasteiger partial charge in [0.1, 0.15) is 18.8 Å². The van der Waals surface area contributed by atoms with E-state index in [1.165, 1.54) is 57.8 Å². The minimum Gasteiger partial charge on any atom is -0.756 e. The van der Waals surface area contributed by atoms with E-state index in [1.54, 1.807) is 6.08 Å². The van der Waals surface area contributed by atoms with E-state index in [9.17, 15) is 14.6 Å². The van der Waals surface area contributed by atoms with Crippen LogP contribution in [-0.2, 0) is 9.09 Å². The van der Waals surface area contributed by atoms with Gasteiger partial charge in [-0.1, -0.05) is 76.9 Å². The number of allylic oxidation sites excluding steroid dienone is 1. The summed E-state index contributed by atoms with van der Waals surface area (Å²) in [5.41, 5.74) is 3.62. The first-order chi connectivity index (χ1) is 11.4. The van der Waals surface area contributed by atoms with E-state index in [4.69, 9.17) is 4.89 Å². The third-order valence-corrected chi connectivity index (χ3v) is 4.47. The van der Waals surface area contributed by atoms with E-state index in [0.29, 0.717) is 0 Å². The monoisotopic (exact) mass is 365 g/mol. The number of hydrogen-bond acceptors (Lipinski definition) is 4. The molecule has 0 bridgehead atoms. The molecule has 7 heteroatoms. The molecular weight excluding hydrogens is 329 g/mol. The van der Waals surface area contributed by atoms with Crippen molar-refractivity contribution < 1.29 is 29.7 Å². The zero-order chi connectivity index (χ0) is 18.3. The first-order valence-corrected chi connectivity index (χ1v) is 10.7. The Morgan fingerprint density at radius 3 is 2.08 bits per heavy atom. The molecule has 24 heavy (non-hydrogen) atoms. The van der Waals surface area contributed by atoms with E-state index in [2.05, 4.69) is 17.2 Å². The SMILES string of the molecule is CCCCCCCCCCCCC=CC(O)C([NH3+])COP(=O)([O-])O. The first kappa shape index (κ1) is 23.8. The molecule has 0 radical (unpaired) electrons. The number of unbranched alkanes of at least 4 members (excludes halogenated alkanes) is 10. The van der Waals surface area contributed by atoms with E-state index in [1.807, 2.05) is 6.08 Å². The van der Waals surface area contributed by atoms with Crippen LogP contribution in [0.15, 0.2) is 12.2 Å². The van der Waals surface area contributed by atoms with Crippen molar-refractivity contribution >= 4 is 7.82 Å². The minimum absolute atomic E-state index is 0.332. The van der Waals surface area contributed by atoms with Gasteiger partial charge in [0.05, 0.1) is 0 Å². The maximum atomic E-state index is 10.5. The van der Waals surface area contributed by atoms with E-state index in [-0.39, 0.29) is 6.61 Å². The topological polar surface area (TPSA) is 117 Å². The van der Waals surface area contributed by atoms with Crippen LogP contribution in [0.3, 0.4) is 0 Å². The fourth-order valence-electron chi connectivity index (χ4n) is 2.43. The molecule has 0 amide bonds. The summed E-state index contributed by atoms with van der Waals surface area (Å²) in [5.74, 6) is 0. The van der Waals surface area contributed by atoms with Crippen molar-refractivity contribution in [3.05, 3.63) is 12.2 Å². The van der Waals surface area contributed by atoms with Crippen molar-refractivity contribution in [2.75, 3.05) is 6.61 Å². The van der Waals surface area contributed by atoms with Gasteiger partial charge in [0.25, 0.3) is 7.82 Å². The molecule has 5 N–H and O–H groups in total. The smallest absolute Gasteiger partial charge is 0.265 e. The highest BCUT2D eigenvalue weighted by Gasteiger charge is 2.17. The molecular formula is C17H36NO5P. The standard InChI is InChI=1S/C17H36NO5P/c1-2-3-4-5-6-7-8-9-10-11-12-13-14-17(19)16(18)15-23-24(20,21)22/h13-14,16-17,19H,2-12,15,18H2,1H3,(H2,20,21,22). The van der Waals surface area contributed by atoms with Gasteiger partial charge in [-0.15, -0.1) is 0 Å². The van der Waals surface area contributed by atoms with Crippen molar-refractivity contribution in [3.8, 4) is 0 Å². The van der Waals surface area contributed by atoms with Crippen LogP contribution in [0.4, 0.5) is 0 Å². The van der Waals surface area contributed by atoms with Crippen molar-refractivity contribution in [3.63, 3.8) is 0 Å². The van der Waals surface area contributed by atoms with Crippen LogP contribution in [-0.4, -0.2) is 28.8 Å². The lowest BCUT2D eigenvalue weighted by atomic mass is 10.1. The molecule has 0 saturated carbocycles. The minimum atomic E-state index is -4.74. The van der Waals surface area contributed by atoms with Gasteiger partial charge in [-0.25, -0.2) is 0 Å². The highest BCUT2D eigenvalue weighted by atomic mass is 31.2. The van der Waals surface area contributed by atoms with Gasteiger partial charge >= 0.3 is 0 Å². The van der Waals surface area contributed by atoms with Crippen molar-refractivity contribution in [2.24, 2.45) is 0 Å². The summed E-state index contributed by atoms with van der Waals surface area (Å²) in [7, 11) is -4.74. The third kappa shape index (κ3) is 16.6. The van der Waals surface area contributed by atoms with Crippen LogP contribution in [0, 0.1) is 0 Å². The van der Waals surface area contributed by atoms with Gasteiger partial charge in [-0.05, 0) is 12.8 Å². The van der Waals surface area contributed by atoms with Gasteiger partial charge in [-0.2, -0.15) is 0 Å². The molecule has 0 fully saturated rings. The highest BCUT2D eigenvalue weighted by Crippen LogP contribution is 2.29. The fraction of sp³-hybridized carbons (Fsp3) is 0.882. The molecule has 144 valence electrons. The molecule has 0 rings (SSSR count). The fourth-order valence-corrected chi connectivity index (χ4v) is 2.81. The highest BCUT2D eigenvalue weighted by molar-refractivity contribution is 7.44. The van der Waals surface area contributed by atoms with Crippen molar-refractivity contribution in [2.45, 2.75) is 89.7 Å². The second kappa shape index (κ2) is 15.1. The second-order valence-electron chi connectivity index (χ2n) is 6.41. The summed E-state index contributed by atoms with van der Waals surface area (Å²) >= 11 is 0. The van der Waals surface area contributed by atoms with Gasteiger partial charge < -0.3 is 25.2 Å². The largest absolute Gasteiger partial charge is 0.756 e. The normalized spacial score (nSPS) is 17.0. The Morgan fingerprint density at radius 1 is 1.08 bits per heavy atom. The molecule has 0 aromatic rings. The Balaban J connectivity index is 3.49. The molecule has 0 saturated heterocycles. The molecule has 0 aliphatic heterocycles. The van der Waals surface area contributed by atoms with Gasteiger partial charge in [0.15, 0.2) is 0 Å². The average molecular weight is 365 g/mol. The zero-order valence-electron chi connectivity index (χ0n) is 15.1. The maximum absolute atomic E-state index is 10.5. The molecule has 3 unspecified atom stereocenters. The van der Waals surface area contributed by atoms with E-state index < -0.39 is 20.0 Å². The lowest BCUT2D eigenvalue weighted by Gasteiger charge is -2.18. The molecule has 0 aliphatic rings. The van der Waals surface area contributed by atoms with Crippen molar-refractivity contribution in [1.82, 2.24) is 0 Å². The van der Waals surface area contributed by atoms with Gasteiger partial charge in [0, 0.05) is 0 Å². The van der Waals surface area contributed by atoms with Gasteiger partial charge in [-0.3, -0.25) is 4.57 Å². The summed E-state index contributed by atoms with van der Waals surface area (Å²) in [6.07, 6.45) is 16.4. The summed E-state index contributed by atoms with van der Waals surface area (Å²) in [4.78, 5) is 19.0. The number of phosphoric acid groups is 1. The summed E-state index contributed by atoms with van der Waals surface area (Å²) < 4.78 is 14.7. The Morgan fingerprint density at radius 2 is 1.58 bits per heavy atom. The van der Waals surface area contributed by atoms with Crippen LogP contribution in [0.25, 0.3) is 0 Å². The Bertz CT molecular complexity index is 359. The van der Waals surface area contributed by atoms with E-state index >= 15 is 0 Å². The van der Waals surface area contributed by atoms with E-state index in [0.717, 1.165) is 12.8 Å². The third-order valence-electron chi connectivity index (χ3n) is 3.99. The molecule has 0 aromatic heterocycles. The van der Waals surface area contributed by atoms with Crippen LogP contribution < -0.4 is 10.6 Å².